The fourth-order valence-corrected chi connectivity index (χ4v) is 1.56. The Kier molecular flexibility index (Phi) is 3.71. The molecule has 86 valence electrons. The minimum atomic E-state index is -0.327. The molecule has 2 aromatic rings. The van der Waals surface area contributed by atoms with Gasteiger partial charge in [-0.3, -0.25) is 4.79 Å². The van der Waals surface area contributed by atoms with Crippen LogP contribution in [0.5, 0.6) is 0 Å². The normalized spacial score (nSPS) is 10.0. The maximum absolute atomic E-state index is 11.8. The van der Waals surface area contributed by atoms with Crippen LogP contribution in [0.25, 0.3) is 0 Å². The van der Waals surface area contributed by atoms with Crippen LogP contribution in [0.2, 0.25) is 5.02 Å². The average Bonchev–Trinajstić information content (AvgIpc) is 2.29. The molecule has 0 bridgehead atoms. The maximum Gasteiger partial charge on any atom is 0.275 e. The lowest BCUT2D eigenvalue weighted by Gasteiger charge is -2.03. The number of nitrogens with zero attached hydrogens (tertiary/aromatic N) is 2. The van der Waals surface area contributed by atoms with Crippen LogP contribution in [0.1, 0.15) is 10.5 Å². The van der Waals surface area contributed by atoms with Gasteiger partial charge < -0.3 is 5.32 Å². The van der Waals surface area contributed by atoms with Crippen molar-refractivity contribution in [1.82, 2.24) is 9.97 Å². The molecular weight excluding hydrogens is 305 g/mol. The van der Waals surface area contributed by atoms with Gasteiger partial charge in [-0.15, -0.1) is 0 Å². The maximum atomic E-state index is 11.8. The minimum Gasteiger partial charge on any atom is -0.305 e. The quantitative estimate of drug-likeness (QED) is 0.927. The van der Waals surface area contributed by atoms with E-state index in [1.807, 2.05) is 0 Å². The summed E-state index contributed by atoms with van der Waals surface area (Å²) in [4.78, 5) is 19.7. The van der Waals surface area contributed by atoms with E-state index >= 15 is 0 Å². The topological polar surface area (TPSA) is 54.9 Å². The molecular formula is C11H7BrClN3O. The van der Waals surface area contributed by atoms with E-state index in [-0.39, 0.29) is 5.91 Å². The summed E-state index contributed by atoms with van der Waals surface area (Å²) in [6.45, 7) is 0. The van der Waals surface area contributed by atoms with Crippen molar-refractivity contribution in [3.63, 3.8) is 0 Å². The number of pyridine rings is 2. The third-order valence-corrected chi connectivity index (χ3v) is 2.63. The molecule has 1 amide bonds. The second kappa shape index (κ2) is 5.25. The molecule has 4 nitrogen and oxygen atoms in total. The average molecular weight is 313 g/mol. The first-order valence-electron chi connectivity index (χ1n) is 4.69. The zero-order valence-electron chi connectivity index (χ0n) is 8.52. The van der Waals surface area contributed by atoms with Gasteiger partial charge in [0.2, 0.25) is 0 Å². The van der Waals surface area contributed by atoms with Gasteiger partial charge in [-0.05, 0) is 40.2 Å². The predicted molar refractivity (Wildman–Crippen MR) is 69.1 cm³/mol. The lowest BCUT2D eigenvalue weighted by atomic mass is 10.3. The van der Waals surface area contributed by atoms with Crippen LogP contribution in [0.3, 0.4) is 0 Å². The third kappa shape index (κ3) is 3.25. The first kappa shape index (κ1) is 12.0. The number of nitrogens with one attached hydrogen (secondary N) is 1. The summed E-state index contributed by atoms with van der Waals surface area (Å²) in [6, 6.07) is 6.56. The van der Waals surface area contributed by atoms with Gasteiger partial charge in [0, 0.05) is 21.9 Å². The van der Waals surface area contributed by atoms with E-state index in [1.54, 1.807) is 30.5 Å². The van der Waals surface area contributed by atoms with E-state index in [1.165, 1.54) is 6.20 Å². The van der Waals surface area contributed by atoms with E-state index in [9.17, 15) is 4.79 Å². The first-order chi connectivity index (χ1) is 8.15. The summed E-state index contributed by atoms with van der Waals surface area (Å²) < 4.78 is 0.815. The van der Waals surface area contributed by atoms with E-state index in [0.717, 1.165) is 4.47 Å². The van der Waals surface area contributed by atoms with Gasteiger partial charge in [0.1, 0.15) is 11.5 Å². The van der Waals surface area contributed by atoms with Crippen LogP contribution in [0, 0.1) is 0 Å². The fraction of sp³-hybridized carbons (Fsp3) is 0. The van der Waals surface area contributed by atoms with E-state index in [4.69, 9.17) is 11.6 Å². The third-order valence-electron chi connectivity index (χ3n) is 1.92. The Hall–Kier alpha value is -1.46. The number of anilines is 1. The van der Waals surface area contributed by atoms with Crippen LogP contribution >= 0.6 is 27.5 Å². The molecule has 0 aliphatic rings. The summed E-state index contributed by atoms with van der Waals surface area (Å²) >= 11 is 9.03. The highest BCUT2D eigenvalue weighted by molar-refractivity contribution is 9.10. The Balaban J connectivity index is 2.14. The highest BCUT2D eigenvalue weighted by Crippen LogP contribution is 2.13. The van der Waals surface area contributed by atoms with Crippen molar-refractivity contribution in [1.29, 1.82) is 0 Å². The Bertz CT molecular complexity index is 545. The molecule has 0 saturated carbocycles. The van der Waals surface area contributed by atoms with Gasteiger partial charge in [0.25, 0.3) is 5.91 Å². The van der Waals surface area contributed by atoms with Crippen LogP contribution in [-0.2, 0) is 0 Å². The van der Waals surface area contributed by atoms with Crippen molar-refractivity contribution in [2.75, 3.05) is 5.32 Å². The summed E-state index contributed by atoms with van der Waals surface area (Å²) in [6.07, 6.45) is 3.08. The molecule has 2 rings (SSSR count). The molecule has 0 fully saturated rings. The molecule has 0 aliphatic heterocycles. The first-order valence-corrected chi connectivity index (χ1v) is 5.87. The summed E-state index contributed by atoms with van der Waals surface area (Å²) in [7, 11) is 0. The van der Waals surface area contributed by atoms with Crippen LogP contribution in [0.15, 0.2) is 41.1 Å². The number of carbonyl (C=O) groups is 1. The highest BCUT2D eigenvalue weighted by atomic mass is 79.9. The minimum absolute atomic E-state index is 0.315. The highest BCUT2D eigenvalue weighted by Gasteiger charge is 2.08. The van der Waals surface area contributed by atoms with Crippen LogP contribution in [-0.4, -0.2) is 15.9 Å². The second-order valence-corrected chi connectivity index (χ2v) is 4.53. The largest absolute Gasteiger partial charge is 0.305 e. The molecule has 0 unspecified atom stereocenters. The number of amides is 1. The van der Waals surface area contributed by atoms with Gasteiger partial charge >= 0.3 is 0 Å². The van der Waals surface area contributed by atoms with E-state index in [2.05, 4.69) is 31.2 Å². The van der Waals surface area contributed by atoms with Gasteiger partial charge in [0.15, 0.2) is 0 Å². The smallest absolute Gasteiger partial charge is 0.275 e. The lowest BCUT2D eigenvalue weighted by Crippen LogP contribution is -2.14. The molecule has 0 aromatic carbocycles. The van der Waals surface area contributed by atoms with Crippen molar-refractivity contribution in [2.45, 2.75) is 0 Å². The molecule has 17 heavy (non-hydrogen) atoms. The van der Waals surface area contributed by atoms with Crippen LogP contribution in [0.4, 0.5) is 5.82 Å². The van der Waals surface area contributed by atoms with Gasteiger partial charge in [0.05, 0.1) is 0 Å². The molecule has 0 spiro atoms. The summed E-state index contributed by atoms with van der Waals surface area (Å²) in [5.41, 5.74) is 0.315. The van der Waals surface area contributed by atoms with Crippen molar-refractivity contribution in [2.24, 2.45) is 0 Å². The summed E-state index contributed by atoms with van der Waals surface area (Å²) in [5.74, 6) is 0.0690. The Labute approximate surface area is 111 Å². The molecule has 1 N–H and O–H groups in total. The molecule has 0 atom stereocenters. The molecule has 0 aliphatic carbocycles. The van der Waals surface area contributed by atoms with Crippen molar-refractivity contribution >= 4 is 39.3 Å². The number of rotatable bonds is 2. The van der Waals surface area contributed by atoms with E-state index in [0.29, 0.717) is 16.5 Å². The lowest BCUT2D eigenvalue weighted by molar-refractivity contribution is 0.102. The Morgan fingerprint density at radius 2 is 2.12 bits per heavy atom. The van der Waals surface area contributed by atoms with Gasteiger partial charge in [-0.25, -0.2) is 9.97 Å². The van der Waals surface area contributed by atoms with Gasteiger partial charge in [-0.2, -0.15) is 0 Å². The van der Waals surface area contributed by atoms with Crippen molar-refractivity contribution in [3.8, 4) is 0 Å². The summed E-state index contributed by atoms with van der Waals surface area (Å²) in [5, 5.41) is 3.12. The van der Waals surface area contributed by atoms with Gasteiger partial charge in [-0.1, -0.05) is 11.6 Å². The van der Waals surface area contributed by atoms with Crippen LogP contribution < -0.4 is 5.32 Å². The molecule has 0 radical (unpaired) electrons. The molecule has 6 heteroatoms. The number of aromatic nitrogens is 2. The van der Waals surface area contributed by atoms with Crippen molar-refractivity contribution < 1.29 is 4.79 Å². The monoisotopic (exact) mass is 311 g/mol. The molecule has 0 saturated heterocycles. The van der Waals surface area contributed by atoms with Crippen molar-refractivity contribution in [3.05, 3.63) is 51.8 Å². The second-order valence-electron chi connectivity index (χ2n) is 3.18. The Morgan fingerprint density at radius 3 is 2.76 bits per heavy atom. The van der Waals surface area contributed by atoms with E-state index < -0.39 is 0 Å². The molecule has 2 aromatic heterocycles. The Morgan fingerprint density at radius 1 is 1.29 bits per heavy atom. The predicted octanol–water partition coefficient (Wildman–Crippen LogP) is 3.14. The number of halogens is 2. The fourth-order valence-electron chi connectivity index (χ4n) is 1.16. The SMILES string of the molecule is O=C(Nc1cc(Cl)ccn1)c1ccc(Br)cn1. The number of hydrogen-bond donors (Lipinski definition) is 1. The zero-order chi connectivity index (χ0) is 12.3. The number of carbonyl (C=O) groups excluding carboxylic acids is 1. The number of hydrogen-bond acceptors (Lipinski definition) is 3. The molecule has 2 heterocycles. The zero-order valence-corrected chi connectivity index (χ0v) is 10.9. The standard InChI is InChI=1S/C11H7BrClN3O/c12-7-1-2-9(15-6-7)11(17)16-10-5-8(13)3-4-14-10/h1-6H,(H,14,16,17).